The van der Waals surface area contributed by atoms with Crippen molar-refractivity contribution in [3.05, 3.63) is 0 Å². The minimum absolute atomic E-state index is 0.0382. The van der Waals surface area contributed by atoms with E-state index in [0.717, 1.165) is 12.3 Å². The van der Waals surface area contributed by atoms with E-state index in [2.05, 4.69) is 11.9 Å². The maximum atomic E-state index is 9.52. The first-order valence-corrected chi connectivity index (χ1v) is 4.15. The Hall–Kier alpha value is -0.0800. The molecule has 1 aliphatic carbocycles. The molecule has 3 unspecified atom stereocenters. The minimum atomic E-state index is -0.0382. The van der Waals surface area contributed by atoms with Gasteiger partial charge in [0.25, 0.3) is 0 Å². The third kappa shape index (κ3) is 0.867. The highest BCUT2D eigenvalue weighted by Crippen LogP contribution is 2.34. The Morgan fingerprint density at radius 2 is 2.20 bits per heavy atom. The number of likely N-dealkylation sites (tertiary alicyclic amines) is 1. The van der Waals surface area contributed by atoms with E-state index in [1.54, 1.807) is 0 Å². The maximum absolute atomic E-state index is 9.52. The third-order valence-corrected chi connectivity index (χ3v) is 3.00. The molecule has 2 fully saturated rings. The van der Waals surface area contributed by atoms with Gasteiger partial charge in [-0.1, -0.05) is 0 Å². The van der Waals surface area contributed by atoms with Crippen molar-refractivity contribution < 1.29 is 5.11 Å². The highest BCUT2D eigenvalue weighted by atomic mass is 16.3. The standard InChI is InChI=1S/C8H15NO/c1-9-5-6-2-3-8(10)7(9)4-6/h6-8,10H,2-5H2,1H3. The monoisotopic (exact) mass is 141 g/mol. The number of aliphatic hydroxyl groups is 1. The van der Waals surface area contributed by atoms with Crippen LogP contribution in [-0.2, 0) is 0 Å². The first kappa shape index (κ1) is 6.62. The van der Waals surface area contributed by atoms with Gasteiger partial charge in [-0.05, 0) is 32.2 Å². The van der Waals surface area contributed by atoms with Crippen LogP contribution >= 0.6 is 0 Å². The molecule has 2 nitrogen and oxygen atoms in total. The summed E-state index contributed by atoms with van der Waals surface area (Å²) >= 11 is 0. The molecule has 3 atom stereocenters. The molecule has 2 heteroatoms. The van der Waals surface area contributed by atoms with Crippen molar-refractivity contribution in [3.8, 4) is 0 Å². The van der Waals surface area contributed by atoms with E-state index in [9.17, 15) is 5.11 Å². The fourth-order valence-corrected chi connectivity index (χ4v) is 2.40. The zero-order chi connectivity index (χ0) is 7.14. The van der Waals surface area contributed by atoms with Crippen LogP contribution in [0.1, 0.15) is 19.3 Å². The van der Waals surface area contributed by atoms with Crippen LogP contribution in [0.2, 0.25) is 0 Å². The van der Waals surface area contributed by atoms with Gasteiger partial charge < -0.3 is 10.0 Å². The molecule has 0 radical (unpaired) electrons. The van der Waals surface area contributed by atoms with Crippen molar-refractivity contribution in [1.82, 2.24) is 4.90 Å². The van der Waals surface area contributed by atoms with E-state index in [0.29, 0.717) is 6.04 Å². The fourth-order valence-electron chi connectivity index (χ4n) is 2.40. The molecule has 0 aromatic rings. The molecule has 10 heavy (non-hydrogen) atoms. The molecule has 2 rings (SSSR count). The molecule has 2 bridgehead atoms. The number of fused-ring (bicyclic) bond motifs is 2. The lowest BCUT2D eigenvalue weighted by Gasteiger charge is -2.26. The summed E-state index contributed by atoms with van der Waals surface area (Å²) in [4.78, 5) is 2.31. The van der Waals surface area contributed by atoms with Crippen molar-refractivity contribution in [2.75, 3.05) is 13.6 Å². The normalized spacial score (nSPS) is 48.0. The summed E-state index contributed by atoms with van der Waals surface area (Å²) in [6.07, 6.45) is 3.46. The van der Waals surface area contributed by atoms with E-state index >= 15 is 0 Å². The number of nitrogens with zero attached hydrogens (tertiary/aromatic N) is 1. The molecule has 1 saturated heterocycles. The zero-order valence-corrected chi connectivity index (χ0v) is 6.45. The topological polar surface area (TPSA) is 23.5 Å². The summed E-state index contributed by atoms with van der Waals surface area (Å²) in [7, 11) is 2.12. The number of likely N-dealkylation sites (N-methyl/N-ethyl adjacent to an activating group) is 1. The highest BCUT2D eigenvalue weighted by Gasteiger charge is 2.38. The summed E-state index contributed by atoms with van der Waals surface area (Å²) in [6.45, 7) is 1.21. The second-order valence-corrected chi connectivity index (χ2v) is 3.75. The summed E-state index contributed by atoms with van der Waals surface area (Å²) < 4.78 is 0. The lowest BCUT2D eigenvalue weighted by atomic mass is 9.88. The molecule has 1 N–H and O–H groups in total. The molecular formula is C8H15NO. The Labute approximate surface area is 61.8 Å². The average Bonchev–Trinajstić information content (AvgIpc) is 2.21. The molecular weight excluding hydrogens is 126 g/mol. The average molecular weight is 141 g/mol. The van der Waals surface area contributed by atoms with E-state index in [4.69, 9.17) is 0 Å². The van der Waals surface area contributed by atoms with Crippen LogP contribution in [0, 0.1) is 5.92 Å². The van der Waals surface area contributed by atoms with Gasteiger partial charge in [-0.25, -0.2) is 0 Å². The van der Waals surface area contributed by atoms with Crippen LogP contribution in [0.4, 0.5) is 0 Å². The summed E-state index contributed by atoms with van der Waals surface area (Å²) in [5.74, 6) is 0.887. The van der Waals surface area contributed by atoms with Gasteiger partial charge in [0.1, 0.15) is 0 Å². The van der Waals surface area contributed by atoms with Gasteiger partial charge in [-0.2, -0.15) is 0 Å². The number of hydrogen-bond acceptors (Lipinski definition) is 2. The van der Waals surface area contributed by atoms with Crippen LogP contribution in [0.15, 0.2) is 0 Å². The SMILES string of the molecule is CN1CC2CCC(O)C1C2. The molecule has 0 spiro atoms. The number of aliphatic hydroxyl groups excluding tert-OH is 1. The fraction of sp³-hybridized carbons (Fsp3) is 1.00. The highest BCUT2D eigenvalue weighted by molar-refractivity contribution is 4.92. The zero-order valence-electron chi connectivity index (χ0n) is 6.45. The lowest BCUT2D eigenvalue weighted by Crippen LogP contribution is -2.36. The Balaban J connectivity index is 2.10. The largest absolute Gasteiger partial charge is 0.391 e. The van der Waals surface area contributed by atoms with Crippen molar-refractivity contribution in [3.63, 3.8) is 0 Å². The molecule has 1 aliphatic heterocycles. The molecule has 1 saturated carbocycles. The second-order valence-electron chi connectivity index (χ2n) is 3.75. The molecule has 58 valence electrons. The molecule has 2 aliphatic rings. The van der Waals surface area contributed by atoms with Crippen LogP contribution < -0.4 is 0 Å². The lowest BCUT2D eigenvalue weighted by molar-refractivity contribution is 0.0696. The maximum Gasteiger partial charge on any atom is 0.0695 e. The van der Waals surface area contributed by atoms with Gasteiger partial charge in [0.05, 0.1) is 6.10 Å². The quantitative estimate of drug-likeness (QED) is 0.530. The second kappa shape index (κ2) is 2.21. The number of hydrogen-bond donors (Lipinski definition) is 1. The van der Waals surface area contributed by atoms with Gasteiger partial charge in [0.15, 0.2) is 0 Å². The van der Waals surface area contributed by atoms with Gasteiger partial charge in [-0.3, -0.25) is 0 Å². The van der Waals surface area contributed by atoms with Crippen molar-refractivity contribution in [1.29, 1.82) is 0 Å². The van der Waals surface area contributed by atoms with E-state index in [1.165, 1.54) is 19.4 Å². The van der Waals surface area contributed by atoms with Crippen LogP contribution in [-0.4, -0.2) is 35.7 Å². The first-order valence-electron chi connectivity index (χ1n) is 4.15. The molecule has 1 heterocycles. The van der Waals surface area contributed by atoms with Crippen LogP contribution in [0.3, 0.4) is 0 Å². The predicted molar refractivity (Wildman–Crippen MR) is 39.8 cm³/mol. The molecule has 0 aromatic carbocycles. The van der Waals surface area contributed by atoms with E-state index in [-0.39, 0.29) is 6.10 Å². The van der Waals surface area contributed by atoms with Crippen LogP contribution in [0.5, 0.6) is 0 Å². The molecule has 0 aromatic heterocycles. The van der Waals surface area contributed by atoms with Gasteiger partial charge >= 0.3 is 0 Å². The molecule has 0 amide bonds. The Morgan fingerprint density at radius 3 is 2.90 bits per heavy atom. The van der Waals surface area contributed by atoms with Gasteiger partial charge in [-0.15, -0.1) is 0 Å². The Morgan fingerprint density at radius 1 is 1.40 bits per heavy atom. The van der Waals surface area contributed by atoms with Gasteiger partial charge in [0, 0.05) is 12.6 Å². The number of rotatable bonds is 0. The van der Waals surface area contributed by atoms with Crippen molar-refractivity contribution in [2.45, 2.75) is 31.4 Å². The Kier molecular flexibility index (Phi) is 1.46. The van der Waals surface area contributed by atoms with E-state index in [1.807, 2.05) is 0 Å². The van der Waals surface area contributed by atoms with Gasteiger partial charge in [0.2, 0.25) is 0 Å². The minimum Gasteiger partial charge on any atom is -0.391 e. The third-order valence-electron chi connectivity index (χ3n) is 3.00. The summed E-state index contributed by atoms with van der Waals surface area (Å²) in [5.41, 5.74) is 0. The summed E-state index contributed by atoms with van der Waals surface area (Å²) in [6, 6.07) is 0.485. The Bertz CT molecular complexity index is 133. The van der Waals surface area contributed by atoms with Crippen molar-refractivity contribution >= 4 is 0 Å². The first-order chi connectivity index (χ1) is 4.77. The van der Waals surface area contributed by atoms with E-state index < -0.39 is 0 Å². The van der Waals surface area contributed by atoms with Crippen molar-refractivity contribution in [2.24, 2.45) is 5.92 Å². The predicted octanol–water partition coefficient (Wildman–Crippen LogP) is 0.461. The van der Waals surface area contributed by atoms with Crippen LogP contribution in [0.25, 0.3) is 0 Å². The smallest absolute Gasteiger partial charge is 0.0695 e. The summed E-state index contributed by atoms with van der Waals surface area (Å²) in [5, 5.41) is 9.52.